The van der Waals surface area contributed by atoms with Crippen molar-refractivity contribution in [2.75, 3.05) is 12.9 Å². The Hall–Kier alpha value is -1.47. The van der Waals surface area contributed by atoms with Gasteiger partial charge in [-0.2, -0.15) is 12.6 Å². The van der Waals surface area contributed by atoms with Crippen molar-refractivity contribution < 1.29 is 13.9 Å². The number of methoxy groups -OCH3 is 1. The van der Waals surface area contributed by atoms with Gasteiger partial charge in [-0.05, 0) is 18.2 Å². The summed E-state index contributed by atoms with van der Waals surface area (Å²) in [7, 11) is 1.20. The summed E-state index contributed by atoms with van der Waals surface area (Å²) >= 11 is 3.92. The summed E-state index contributed by atoms with van der Waals surface area (Å²) < 4.78 is 17.6. The zero-order valence-electron chi connectivity index (χ0n) is 8.08. The zero-order valence-corrected chi connectivity index (χ0v) is 8.98. The number of hydrogen-bond donors (Lipinski definition) is 1. The van der Waals surface area contributed by atoms with E-state index in [4.69, 9.17) is 0 Å². The normalized spacial score (nSPS) is 9.00. The third-order valence-electron chi connectivity index (χ3n) is 1.68. The molecule has 0 aliphatic carbocycles. The van der Waals surface area contributed by atoms with Gasteiger partial charge < -0.3 is 4.74 Å². The predicted octanol–water partition coefficient (Wildman–Crippen LogP) is 1.89. The largest absolute Gasteiger partial charge is 0.465 e. The van der Waals surface area contributed by atoms with Crippen LogP contribution < -0.4 is 0 Å². The molecule has 4 heteroatoms. The van der Waals surface area contributed by atoms with Gasteiger partial charge in [0, 0.05) is 5.56 Å². The number of hydrogen-bond acceptors (Lipinski definition) is 3. The van der Waals surface area contributed by atoms with Crippen molar-refractivity contribution in [1.82, 2.24) is 0 Å². The van der Waals surface area contributed by atoms with E-state index < -0.39 is 11.8 Å². The van der Waals surface area contributed by atoms with E-state index in [2.05, 4.69) is 29.2 Å². The van der Waals surface area contributed by atoms with Gasteiger partial charge in [-0.25, -0.2) is 9.18 Å². The Morgan fingerprint density at radius 1 is 1.60 bits per heavy atom. The number of halogens is 1. The van der Waals surface area contributed by atoms with Crippen molar-refractivity contribution >= 4 is 18.6 Å². The number of carbonyl (C=O) groups excluding carboxylic acids is 1. The third-order valence-corrected chi connectivity index (χ3v) is 1.84. The second kappa shape index (κ2) is 5.42. The number of esters is 1. The minimum absolute atomic E-state index is 0.108. The lowest BCUT2D eigenvalue weighted by Crippen LogP contribution is -2.04. The highest BCUT2D eigenvalue weighted by atomic mass is 32.1. The molecule has 0 amide bonds. The molecule has 1 aromatic carbocycles. The fraction of sp³-hybridized carbons (Fsp3) is 0.182. The molecule has 0 aliphatic heterocycles. The number of carbonyl (C=O) groups is 1. The first-order valence-corrected chi connectivity index (χ1v) is 4.80. The minimum atomic E-state index is -0.706. The zero-order chi connectivity index (χ0) is 11.3. The minimum Gasteiger partial charge on any atom is -0.465 e. The molecule has 0 aromatic heterocycles. The topological polar surface area (TPSA) is 26.3 Å². The van der Waals surface area contributed by atoms with Crippen LogP contribution in [0.2, 0.25) is 0 Å². The molecule has 0 saturated heterocycles. The summed E-state index contributed by atoms with van der Waals surface area (Å²) in [6.45, 7) is 0. The van der Waals surface area contributed by atoms with Crippen LogP contribution in [0.5, 0.6) is 0 Å². The van der Waals surface area contributed by atoms with Gasteiger partial charge in [-0.1, -0.05) is 11.8 Å². The van der Waals surface area contributed by atoms with Crippen molar-refractivity contribution in [3.8, 4) is 11.8 Å². The number of thiol groups is 1. The summed E-state index contributed by atoms with van der Waals surface area (Å²) in [4.78, 5) is 11.1. The summed E-state index contributed by atoms with van der Waals surface area (Å²) in [5.74, 6) is 4.54. The van der Waals surface area contributed by atoms with Gasteiger partial charge in [0.15, 0.2) is 0 Å². The van der Waals surface area contributed by atoms with E-state index >= 15 is 0 Å². The Morgan fingerprint density at radius 2 is 2.33 bits per heavy atom. The first-order valence-electron chi connectivity index (χ1n) is 4.16. The Bertz CT molecular complexity index is 432. The van der Waals surface area contributed by atoms with Crippen LogP contribution in [0.4, 0.5) is 4.39 Å². The highest BCUT2D eigenvalue weighted by Gasteiger charge is 2.11. The van der Waals surface area contributed by atoms with Gasteiger partial charge in [-0.3, -0.25) is 0 Å². The maximum Gasteiger partial charge on any atom is 0.340 e. The van der Waals surface area contributed by atoms with Crippen LogP contribution in [-0.4, -0.2) is 18.8 Å². The van der Waals surface area contributed by atoms with Crippen LogP contribution in [0.15, 0.2) is 18.2 Å². The molecule has 0 radical (unpaired) electrons. The Kier molecular flexibility index (Phi) is 4.19. The molecule has 15 heavy (non-hydrogen) atoms. The average molecular weight is 224 g/mol. The number of benzene rings is 1. The Morgan fingerprint density at radius 3 is 2.93 bits per heavy atom. The molecule has 0 fully saturated rings. The lowest BCUT2D eigenvalue weighted by atomic mass is 10.1. The summed E-state index contributed by atoms with van der Waals surface area (Å²) in [6.07, 6.45) is 0. The molecule has 2 nitrogen and oxygen atoms in total. The Balaban J connectivity index is 3.10. The fourth-order valence-electron chi connectivity index (χ4n) is 1.01. The molecule has 0 aliphatic rings. The maximum atomic E-state index is 13.2. The van der Waals surface area contributed by atoms with E-state index in [0.29, 0.717) is 11.3 Å². The second-order valence-electron chi connectivity index (χ2n) is 2.65. The maximum absolute atomic E-state index is 13.2. The smallest absolute Gasteiger partial charge is 0.340 e. The van der Waals surface area contributed by atoms with E-state index in [-0.39, 0.29) is 5.56 Å². The molecule has 0 unspecified atom stereocenters. The van der Waals surface area contributed by atoms with Crippen molar-refractivity contribution in [3.05, 3.63) is 35.1 Å². The van der Waals surface area contributed by atoms with Crippen LogP contribution in [0.1, 0.15) is 15.9 Å². The quantitative estimate of drug-likeness (QED) is 0.448. The van der Waals surface area contributed by atoms with Gasteiger partial charge in [-0.15, -0.1) is 0 Å². The lowest BCUT2D eigenvalue weighted by Gasteiger charge is -2.01. The monoisotopic (exact) mass is 224 g/mol. The van der Waals surface area contributed by atoms with Gasteiger partial charge in [0.05, 0.1) is 18.4 Å². The first-order chi connectivity index (χ1) is 7.19. The van der Waals surface area contributed by atoms with E-state index in [1.807, 2.05) is 0 Å². The molecule has 1 rings (SSSR count). The number of ether oxygens (including phenoxy) is 1. The highest BCUT2D eigenvalue weighted by Crippen LogP contribution is 2.11. The highest BCUT2D eigenvalue weighted by molar-refractivity contribution is 7.80. The van der Waals surface area contributed by atoms with Crippen LogP contribution in [0.25, 0.3) is 0 Å². The third kappa shape index (κ3) is 3.00. The Labute approximate surface area is 92.9 Å². The van der Waals surface area contributed by atoms with Gasteiger partial charge in [0.25, 0.3) is 0 Å². The molecule has 78 valence electrons. The van der Waals surface area contributed by atoms with Crippen molar-refractivity contribution in [1.29, 1.82) is 0 Å². The molecule has 0 atom stereocenters. The standard InChI is InChI=1S/C11H9FO2S/c1-14-11(13)9-7-8(3-2-6-15)4-5-10(9)12/h4-5,7,15H,6H2,1H3. The van der Waals surface area contributed by atoms with Gasteiger partial charge in [0.2, 0.25) is 0 Å². The molecule has 0 heterocycles. The van der Waals surface area contributed by atoms with Crippen molar-refractivity contribution in [2.24, 2.45) is 0 Å². The molecule has 1 aromatic rings. The molecule has 0 N–H and O–H groups in total. The first kappa shape index (κ1) is 11.6. The number of rotatable bonds is 1. The summed E-state index contributed by atoms with van der Waals surface area (Å²) in [5, 5.41) is 0. The molecular weight excluding hydrogens is 215 g/mol. The molecule has 0 spiro atoms. The van der Waals surface area contributed by atoms with Crippen LogP contribution in [0, 0.1) is 17.7 Å². The molecule has 0 saturated carbocycles. The van der Waals surface area contributed by atoms with Crippen LogP contribution >= 0.6 is 12.6 Å². The van der Waals surface area contributed by atoms with E-state index in [1.54, 1.807) is 0 Å². The predicted molar refractivity (Wildman–Crippen MR) is 58.5 cm³/mol. The van der Waals surface area contributed by atoms with E-state index in [1.165, 1.54) is 25.3 Å². The molecule has 0 bridgehead atoms. The van der Waals surface area contributed by atoms with Gasteiger partial charge in [0.1, 0.15) is 5.82 Å². The SMILES string of the molecule is COC(=O)c1cc(C#CCS)ccc1F. The van der Waals surface area contributed by atoms with E-state index in [0.717, 1.165) is 0 Å². The van der Waals surface area contributed by atoms with Gasteiger partial charge >= 0.3 is 5.97 Å². The average Bonchev–Trinajstić information content (AvgIpc) is 2.27. The molecular formula is C11H9FO2S. The lowest BCUT2D eigenvalue weighted by molar-refractivity contribution is 0.0595. The van der Waals surface area contributed by atoms with Crippen LogP contribution in [0.3, 0.4) is 0 Å². The van der Waals surface area contributed by atoms with Crippen molar-refractivity contribution in [2.45, 2.75) is 0 Å². The summed E-state index contributed by atoms with van der Waals surface area (Å²) in [6, 6.07) is 4.05. The van der Waals surface area contributed by atoms with Crippen molar-refractivity contribution in [3.63, 3.8) is 0 Å². The second-order valence-corrected chi connectivity index (χ2v) is 2.96. The summed E-state index contributed by atoms with van der Waals surface area (Å²) in [5.41, 5.74) is 0.453. The van der Waals surface area contributed by atoms with Crippen LogP contribution in [-0.2, 0) is 4.74 Å². The van der Waals surface area contributed by atoms with E-state index in [9.17, 15) is 9.18 Å². The fourth-order valence-corrected chi connectivity index (χ4v) is 1.09.